The summed E-state index contributed by atoms with van der Waals surface area (Å²) in [4.78, 5) is 15.2. The van der Waals surface area contributed by atoms with E-state index in [0.29, 0.717) is 12.1 Å². The van der Waals surface area contributed by atoms with Gasteiger partial charge in [-0.25, -0.2) is 19.3 Å². The lowest BCUT2D eigenvalue weighted by Gasteiger charge is -2.01. The Balaban J connectivity index is 2.47. The van der Waals surface area contributed by atoms with Crippen LogP contribution in [0.4, 0.5) is 0 Å². The quantitative estimate of drug-likeness (QED) is 0.741. The predicted octanol–water partition coefficient (Wildman–Crippen LogP) is 0.587. The molecule has 2 aromatic heterocycles. The summed E-state index contributed by atoms with van der Waals surface area (Å²) in [5.41, 5.74) is 1.12. The van der Waals surface area contributed by atoms with E-state index >= 15 is 0 Å². The zero-order valence-electron chi connectivity index (χ0n) is 7.57. The van der Waals surface area contributed by atoms with Crippen LogP contribution in [0.15, 0.2) is 17.2 Å². The second-order valence-corrected chi connectivity index (χ2v) is 3.87. The minimum atomic E-state index is -0.280. The van der Waals surface area contributed by atoms with Crippen molar-refractivity contribution in [3.63, 3.8) is 0 Å². The fourth-order valence-corrected chi connectivity index (χ4v) is 1.41. The summed E-state index contributed by atoms with van der Waals surface area (Å²) in [6, 6.07) is 1.75. The van der Waals surface area contributed by atoms with E-state index in [1.54, 1.807) is 6.07 Å². The van der Waals surface area contributed by atoms with E-state index in [2.05, 4.69) is 15.2 Å². The highest BCUT2D eigenvalue weighted by molar-refractivity contribution is 6.20. The maximum atomic E-state index is 11.1. The topological polar surface area (TPSA) is 63.0 Å². The molecule has 5 nitrogen and oxygen atoms in total. The zero-order chi connectivity index (χ0) is 10.1. The predicted molar refractivity (Wildman–Crippen MR) is 52.6 cm³/mol. The average molecular weight is 213 g/mol. The Morgan fingerprint density at radius 1 is 1.71 bits per heavy atom. The second-order valence-electron chi connectivity index (χ2n) is 3.12. The van der Waals surface area contributed by atoms with E-state index in [-0.39, 0.29) is 11.1 Å². The number of H-pyrrole nitrogens is 1. The van der Waals surface area contributed by atoms with Crippen molar-refractivity contribution in [2.45, 2.75) is 18.7 Å². The fraction of sp³-hybridized carbons (Fsp3) is 0.375. The van der Waals surface area contributed by atoms with E-state index in [9.17, 15) is 4.79 Å². The van der Waals surface area contributed by atoms with Crippen LogP contribution in [0.3, 0.4) is 0 Å². The molecule has 0 aliphatic rings. The molecule has 2 heterocycles. The molecule has 14 heavy (non-hydrogen) atoms. The van der Waals surface area contributed by atoms with Gasteiger partial charge in [-0.15, -0.1) is 11.6 Å². The number of alkyl halides is 1. The van der Waals surface area contributed by atoms with E-state index in [4.69, 9.17) is 11.6 Å². The Hall–Kier alpha value is -1.36. The lowest BCUT2D eigenvalue weighted by Crippen LogP contribution is -2.10. The Morgan fingerprint density at radius 3 is 3.21 bits per heavy atom. The molecule has 0 amide bonds. The first-order valence-corrected chi connectivity index (χ1v) is 4.66. The summed E-state index contributed by atoms with van der Waals surface area (Å²) in [6.07, 6.45) is 2.12. The smallest absolute Gasteiger partial charge is 0.246 e. The van der Waals surface area contributed by atoms with E-state index in [1.807, 2.05) is 6.92 Å². The third kappa shape index (κ3) is 1.63. The Labute approximate surface area is 84.7 Å². The summed E-state index contributed by atoms with van der Waals surface area (Å²) in [6.45, 7) is 1.89. The SMILES string of the molecule is CC(Cl)Cc1cc2n[nH]c(=O)n2cn1. The highest BCUT2D eigenvalue weighted by Gasteiger charge is 2.04. The third-order valence-corrected chi connectivity index (χ3v) is 2.01. The summed E-state index contributed by atoms with van der Waals surface area (Å²) >= 11 is 5.83. The van der Waals surface area contributed by atoms with E-state index < -0.39 is 0 Å². The molecule has 74 valence electrons. The number of aromatic amines is 1. The molecule has 0 saturated carbocycles. The van der Waals surface area contributed by atoms with Crippen molar-refractivity contribution in [3.05, 3.63) is 28.6 Å². The minimum Gasteiger partial charge on any atom is -0.246 e. The zero-order valence-corrected chi connectivity index (χ0v) is 8.32. The number of halogens is 1. The number of nitrogens with zero attached hydrogens (tertiary/aromatic N) is 3. The molecule has 0 aromatic carbocycles. The van der Waals surface area contributed by atoms with Crippen molar-refractivity contribution in [3.8, 4) is 0 Å². The van der Waals surface area contributed by atoms with Gasteiger partial charge >= 0.3 is 5.69 Å². The maximum absolute atomic E-state index is 11.1. The Bertz CT molecular complexity index is 501. The van der Waals surface area contributed by atoms with Crippen LogP contribution in [0.5, 0.6) is 0 Å². The maximum Gasteiger partial charge on any atom is 0.348 e. The molecule has 0 aliphatic carbocycles. The molecular formula is C8H9ClN4O. The van der Waals surface area contributed by atoms with Gasteiger partial charge < -0.3 is 0 Å². The van der Waals surface area contributed by atoms with Crippen LogP contribution < -0.4 is 5.69 Å². The van der Waals surface area contributed by atoms with Crippen LogP contribution in [0, 0.1) is 0 Å². The Kier molecular flexibility index (Phi) is 2.25. The molecule has 0 fully saturated rings. The molecule has 2 aromatic rings. The molecule has 0 saturated heterocycles. The van der Waals surface area contributed by atoms with Gasteiger partial charge in [0.25, 0.3) is 0 Å². The summed E-state index contributed by atoms with van der Waals surface area (Å²) in [5.74, 6) is 0. The van der Waals surface area contributed by atoms with Crippen molar-refractivity contribution in [1.82, 2.24) is 19.6 Å². The van der Waals surface area contributed by atoms with Gasteiger partial charge in [0, 0.05) is 23.6 Å². The lowest BCUT2D eigenvalue weighted by atomic mass is 10.2. The number of rotatable bonds is 2. The summed E-state index contributed by atoms with van der Waals surface area (Å²) in [7, 11) is 0. The van der Waals surface area contributed by atoms with Crippen LogP contribution in [0.1, 0.15) is 12.6 Å². The van der Waals surface area contributed by atoms with Gasteiger partial charge in [-0.05, 0) is 6.92 Å². The van der Waals surface area contributed by atoms with Gasteiger partial charge in [-0.1, -0.05) is 0 Å². The van der Waals surface area contributed by atoms with Crippen LogP contribution in [0.2, 0.25) is 0 Å². The molecule has 0 aliphatic heterocycles. The van der Waals surface area contributed by atoms with Crippen LogP contribution >= 0.6 is 11.6 Å². The molecule has 1 unspecified atom stereocenters. The number of aromatic nitrogens is 4. The average Bonchev–Trinajstić information content (AvgIpc) is 2.46. The van der Waals surface area contributed by atoms with Gasteiger partial charge in [-0.3, -0.25) is 0 Å². The van der Waals surface area contributed by atoms with Crippen molar-refractivity contribution in [2.75, 3.05) is 0 Å². The first-order chi connectivity index (χ1) is 6.66. The van der Waals surface area contributed by atoms with Crippen LogP contribution in [-0.4, -0.2) is 25.0 Å². The first kappa shape index (κ1) is 9.21. The third-order valence-electron chi connectivity index (χ3n) is 1.86. The molecule has 0 radical (unpaired) electrons. The van der Waals surface area contributed by atoms with Crippen LogP contribution in [0.25, 0.3) is 5.65 Å². The molecule has 2 rings (SSSR count). The largest absolute Gasteiger partial charge is 0.348 e. The van der Waals surface area contributed by atoms with Crippen molar-refractivity contribution in [1.29, 1.82) is 0 Å². The first-order valence-electron chi connectivity index (χ1n) is 4.22. The molecule has 0 spiro atoms. The highest BCUT2D eigenvalue weighted by Crippen LogP contribution is 2.05. The van der Waals surface area contributed by atoms with Gasteiger partial charge in [0.05, 0.1) is 0 Å². The van der Waals surface area contributed by atoms with Gasteiger partial charge in [-0.2, -0.15) is 5.10 Å². The number of fused-ring (bicyclic) bond motifs is 1. The van der Waals surface area contributed by atoms with Gasteiger partial charge in [0.15, 0.2) is 5.65 Å². The van der Waals surface area contributed by atoms with Crippen molar-refractivity contribution < 1.29 is 0 Å². The van der Waals surface area contributed by atoms with E-state index in [1.165, 1.54) is 10.7 Å². The Morgan fingerprint density at radius 2 is 2.50 bits per heavy atom. The highest BCUT2D eigenvalue weighted by atomic mass is 35.5. The second kappa shape index (κ2) is 3.42. The molecular weight excluding hydrogens is 204 g/mol. The minimum absolute atomic E-state index is 0.0237. The summed E-state index contributed by atoms with van der Waals surface area (Å²) < 4.78 is 1.35. The lowest BCUT2D eigenvalue weighted by molar-refractivity contribution is 0.871. The number of hydrogen-bond donors (Lipinski definition) is 1. The van der Waals surface area contributed by atoms with Crippen molar-refractivity contribution >= 4 is 17.2 Å². The standard InChI is InChI=1S/C8H9ClN4O/c1-5(9)2-6-3-7-11-12-8(14)13(7)4-10-6/h3-5H,2H2,1H3,(H,12,14). The number of hydrogen-bond acceptors (Lipinski definition) is 3. The number of nitrogens with one attached hydrogen (secondary N) is 1. The van der Waals surface area contributed by atoms with E-state index in [0.717, 1.165) is 5.69 Å². The van der Waals surface area contributed by atoms with Gasteiger partial charge in [0.1, 0.15) is 6.33 Å². The molecule has 1 N–H and O–H groups in total. The summed E-state index contributed by atoms with van der Waals surface area (Å²) in [5, 5.41) is 6.19. The normalized spacial score (nSPS) is 13.3. The fourth-order valence-electron chi connectivity index (χ4n) is 1.25. The van der Waals surface area contributed by atoms with Gasteiger partial charge in [0.2, 0.25) is 0 Å². The van der Waals surface area contributed by atoms with Crippen LogP contribution in [-0.2, 0) is 6.42 Å². The monoisotopic (exact) mass is 212 g/mol. The van der Waals surface area contributed by atoms with Crippen molar-refractivity contribution in [2.24, 2.45) is 0 Å². The molecule has 1 atom stereocenters. The molecule has 0 bridgehead atoms. The molecule has 6 heteroatoms.